The van der Waals surface area contributed by atoms with E-state index in [-0.39, 0.29) is 0 Å². The normalized spacial score (nSPS) is 20.1. The van der Waals surface area contributed by atoms with Gasteiger partial charge in [-0.15, -0.1) is 11.3 Å². The topological polar surface area (TPSA) is 18.5 Å². The number of hydrogen-bond donors (Lipinski definition) is 1. The Balaban J connectivity index is 1.89. The Morgan fingerprint density at radius 3 is 3.00 bits per heavy atom. The number of hydrogen-bond acceptors (Lipinski definition) is 4. The van der Waals surface area contributed by atoms with Gasteiger partial charge in [-0.25, -0.2) is 0 Å². The summed E-state index contributed by atoms with van der Waals surface area (Å²) in [5, 5.41) is 3.24. The Bertz CT molecular complexity index is 416. The van der Waals surface area contributed by atoms with Crippen molar-refractivity contribution in [3.8, 4) is 0 Å². The lowest BCUT2D eigenvalue weighted by atomic mass is 10.2. The van der Waals surface area contributed by atoms with Crippen molar-refractivity contribution in [2.45, 2.75) is 45.8 Å². The molecule has 20 heavy (non-hydrogen) atoms. The Morgan fingerprint density at radius 2 is 2.30 bits per heavy atom. The monoisotopic (exact) mass is 295 g/mol. The number of nitrogens with one attached hydrogen (secondary N) is 1. The van der Waals surface area contributed by atoms with E-state index in [2.05, 4.69) is 42.1 Å². The highest BCUT2D eigenvalue weighted by Crippen LogP contribution is 2.23. The second-order valence-corrected chi connectivity index (χ2v) is 7.29. The fraction of sp³-hybridized carbons (Fsp3) is 0.750. The molecule has 1 unspecified atom stereocenters. The molecule has 0 aromatic carbocycles. The van der Waals surface area contributed by atoms with Crippen LogP contribution in [0.15, 0.2) is 6.07 Å². The van der Waals surface area contributed by atoms with Crippen LogP contribution in [0.5, 0.6) is 0 Å². The molecule has 1 fully saturated rings. The van der Waals surface area contributed by atoms with Gasteiger partial charge in [0.15, 0.2) is 0 Å². The van der Waals surface area contributed by atoms with Gasteiger partial charge in [0.2, 0.25) is 0 Å². The molecule has 0 radical (unpaired) electrons. The lowest BCUT2D eigenvalue weighted by Crippen LogP contribution is -2.38. The molecule has 1 aromatic rings. The minimum absolute atomic E-state index is 0.765. The zero-order valence-electron chi connectivity index (χ0n) is 13.4. The number of rotatable bonds is 7. The number of thiophene rings is 1. The largest absolute Gasteiger partial charge is 0.315 e. The van der Waals surface area contributed by atoms with E-state index in [9.17, 15) is 0 Å². The standard InChI is InChI=1S/C16H29N3S/c1-5-19-8-6-7-15(19)12-18(4)11-14-9-16(10-17-3)20-13(14)2/h9,15,17H,5-8,10-12H2,1-4H3. The molecular formula is C16H29N3S. The molecule has 0 amide bonds. The van der Waals surface area contributed by atoms with Crippen molar-refractivity contribution in [1.29, 1.82) is 0 Å². The van der Waals surface area contributed by atoms with E-state index in [1.165, 1.54) is 47.8 Å². The summed E-state index contributed by atoms with van der Waals surface area (Å²) in [4.78, 5) is 8.05. The van der Waals surface area contributed by atoms with Gasteiger partial charge < -0.3 is 10.2 Å². The molecule has 114 valence electrons. The summed E-state index contributed by atoms with van der Waals surface area (Å²) >= 11 is 1.93. The number of likely N-dealkylation sites (tertiary alicyclic amines) is 1. The van der Waals surface area contributed by atoms with Gasteiger partial charge in [-0.2, -0.15) is 0 Å². The molecule has 1 N–H and O–H groups in total. The molecule has 0 saturated carbocycles. The molecule has 3 nitrogen and oxygen atoms in total. The summed E-state index contributed by atoms with van der Waals surface area (Å²) in [5.41, 5.74) is 1.50. The van der Waals surface area contributed by atoms with Gasteiger partial charge in [-0.1, -0.05) is 6.92 Å². The van der Waals surface area contributed by atoms with Gasteiger partial charge in [0, 0.05) is 35.4 Å². The average molecular weight is 295 g/mol. The second-order valence-electron chi connectivity index (χ2n) is 5.95. The van der Waals surface area contributed by atoms with E-state index in [0.717, 1.165) is 19.1 Å². The summed E-state index contributed by atoms with van der Waals surface area (Å²) in [7, 11) is 4.28. The van der Waals surface area contributed by atoms with Gasteiger partial charge in [-0.3, -0.25) is 4.90 Å². The van der Waals surface area contributed by atoms with E-state index < -0.39 is 0 Å². The smallest absolute Gasteiger partial charge is 0.0296 e. The van der Waals surface area contributed by atoms with Crippen LogP contribution in [0.2, 0.25) is 0 Å². The summed E-state index contributed by atoms with van der Waals surface area (Å²) in [5.74, 6) is 0. The molecule has 4 heteroatoms. The Morgan fingerprint density at radius 1 is 1.50 bits per heavy atom. The summed E-state index contributed by atoms with van der Waals surface area (Å²) < 4.78 is 0. The first-order valence-corrected chi connectivity index (χ1v) is 8.61. The third kappa shape index (κ3) is 4.04. The average Bonchev–Trinajstić information content (AvgIpc) is 2.97. The van der Waals surface area contributed by atoms with Crippen LogP contribution in [0.3, 0.4) is 0 Å². The van der Waals surface area contributed by atoms with E-state index in [1.807, 2.05) is 18.4 Å². The summed E-state index contributed by atoms with van der Waals surface area (Å²) in [6.07, 6.45) is 2.74. The van der Waals surface area contributed by atoms with Crippen molar-refractivity contribution < 1.29 is 0 Å². The van der Waals surface area contributed by atoms with Crippen molar-refractivity contribution in [3.05, 3.63) is 21.4 Å². The summed E-state index contributed by atoms with van der Waals surface area (Å²) in [6, 6.07) is 3.14. The Labute approximate surface area is 128 Å². The van der Waals surface area contributed by atoms with E-state index in [4.69, 9.17) is 0 Å². The maximum atomic E-state index is 3.24. The van der Waals surface area contributed by atoms with Crippen LogP contribution >= 0.6 is 11.3 Å². The number of nitrogens with zero attached hydrogens (tertiary/aromatic N) is 2. The first kappa shape index (κ1) is 16.0. The van der Waals surface area contributed by atoms with E-state index >= 15 is 0 Å². The fourth-order valence-corrected chi connectivity index (χ4v) is 4.30. The molecule has 1 aliphatic heterocycles. The Kier molecular flexibility index (Phi) is 6.02. The minimum atomic E-state index is 0.765. The van der Waals surface area contributed by atoms with Crippen LogP contribution in [0.4, 0.5) is 0 Å². The highest BCUT2D eigenvalue weighted by molar-refractivity contribution is 7.12. The summed E-state index contributed by atoms with van der Waals surface area (Å²) in [6.45, 7) is 10.3. The molecule has 1 saturated heterocycles. The predicted molar refractivity (Wildman–Crippen MR) is 88.4 cm³/mol. The quantitative estimate of drug-likeness (QED) is 0.834. The van der Waals surface area contributed by atoms with Gasteiger partial charge in [-0.05, 0) is 58.6 Å². The number of aryl methyl sites for hydroxylation is 1. The lowest BCUT2D eigenvalue weighted by Gasteiger charge is -2.27. The molecule has 2 heterocycles. The molecule has 1 aromatic heterocycles. The van der Waals surface area contributed by atoms with Crippen LogP contribution < -0.4 is 5.32 Å². The number of likely N-dealkylation sites (N-methyl/N-ethyl adjacent to an activating group) is 2. The van der Waals surface area contributed by atoms with Gasteiger partial charge in [0.05, 0.1) is 0 Å². The van der Waals surface area contributed by atoms with Crippen molar-refractivity contribution in [3.63, 3.8) is 0 Å². The van der Waals surface area contributed by atoms with Crippen LogP contribution in [-0.4, -0.2) is 49.6 Å². The van der Waals surface area contributed by atoms with Gasteiger partial charge in [0.25, 0.3) is 0 Å². The maximum absolute atomic E-state index is 3.24. The molecule has 0 bridgehead atoms. The zero-order chi connectivity index (χ0) is 14.5. The van der Waals surface area contributed by atoms with Crippen LogP contribution in [0.25, 0.3) is 0 Å². The molecule has 1 aliphatic rings. The first-order valence-electron chi connectivity index (χ1n) is 7.79. The Hall–Kier alpha value is -0.420. The maximum Gasteiger partial charge on any atom is 0.0296 e. The first-order chi connectivity index (χ1) is 9.63. The predicted octanol–water partition coefficient (Wildman–Crippen LogP) is 2.69. The lowest BCUT2D eigenvalue weighted by molar-refractivity contribution is 0.195. The van der Waals surface area contributed by atoms with Crippen LogP contribution in [-0.2, 0) is 13.1 Å². The third-order valence-electron chi connectivity index (χ3n) is 4.29. The van der Waals surface area contributed by atoms with Crippen molar-refractivity contribution in [2.24, 2.45) is 0 Å². The molecule has 2 rings (SSSR count). The minimum Gasteiger partial charge on any atom is -0.315 e. The highest BCUT2D eigenvalue weighted by Gasteiger charge is 2.24. The van der Waals surface area contributed by atoms with Crippen molar-refractivity contribution in [1.82, 2.24) is 15.1 Å². The second kappa shape index (κ2) is 7.55. The van der Waals surface area contributed by atoms with E-state index in [1.54, 1.807) is 0 Å². The molecular weight excluding hydrogens is 266 g/mol. The third-order valence-corrected chi connectivity index (χ3v) is 5.38. The van der Waals surface area contributed by atoms with Crippen LogP contribution in [0, 0.1) is 6.92 Å². The van der Waals surface area contributed by atoms with Crippen molar-refractivity contribution >= 4 is 11.3 Å². The zero-order valence-corrected chi connectivity index (χ0v) is 14.2. The van der Waals surface area contributed by atoms with Gasteiger partial charge >= 0.3 is 0 Å². The fourth-order valence-electron chi connectivity index (χ4n) is 3.24. The van der Waals surface area contributed by atoms with Crippen LogP contribution in [0.1, 0.15) is 35.1 Å². The molecule has 0 aliphatic carbocycles. The SMILES string of the molecule is CCN1CCCC1CN(C)Cc1cc(CNC)sc1C. The van der Waals surface area contributed by atoms with E-state index in [0.29, 0.717) is 0 Å². The molecule has 1 atom stereocenters. The van der Waals surface area contributed by atoms with Crippen molar-refractivity contribution in [2.75, 3.05) is 33.7 Å². The molecule has 0 spiro atoms. The van der Waals surface area contributed by atoms with Gasteiger partial charge in [0.1, 0.15) is 0 Å². The highest BCUT2D eigenvalue weighted by atomic mass is 32.1.